The summed E-state index contributed by atoms with van der Waals surface area (Å²) in [6, 6.07) is 30.8. The average molecular weight is 705 g/mol. The Morgan fingerprint density at radius 1 is 0.882 bits per heavy atom. The number of pyridine rings is 1. The second-order valence-corrected chi connectivity index (χ2v) is 13.2. The second kappa shape index (κ2) is 17.2. The van der Waals surface area contributed by atoms with Gasteiger partial charge in [-0.3, -0.25) is 9.69 Å². The number of halogens is 2. The fourth-order valence-electron chi connectivity index (χ4n) is 6.06. The largest absolute Gasteiger partial charge is 0.487 e. The predicted molar refractivity (Wildman–Crippen MR) is 202 cm³/mol. The minimum atomic E-state index is -0.232. The van der Waals surface area contributed by atoms with Gasteiger partial charge in [0.25, 0.3) is 0 Å². The summed E-state index contributed by atoms with van der Waals surface area (Å²) in [7, 11) is 0. The van der Waals surface area contributed by atoms with Gasteiger partial charge in [-0.15, -0.1) is 0 Å². The number of aldehydes is 1. The number of ether oxygens (including phenoxy) is 2. The molecule has 6 rings (SSSR count). The van der Waals surface area contributed by atoms with E-state index in [9.17, 15) is 9.18 Å². The molecule has 51 heavy (non-hydrogen) atoms. The number of hydrogen-bond donors (Lipinski definition) is 1. The lowest BCUT2D eigenvalue weighted by Gasteiger charge is -2.37. The number of carbonyl (C=O) groups is 1. The van der Waals surface area contributed by atoms with Gasteiger partial charge in [-0.25, -0.2) is 9.37 Å². The molecule has 1 aromatic heterocycles. The first-order valence-corrected chi connectivity index (χ1v) is 17.5. The van der Waals surface area contributed by atoms with Gasteiger partial charge in [0.2, 0.25) is 5.88 Å². The van der Waals surface area contributed by atoms with Gasteiger partial charge in [0.15, 0.2) is 5.75 Å². The zero-order chi connectivity index (χ0) is 35.6. The molecule has 0 spiro atoms. The van der Waals surface area contributed by atoms with E-state index < -0.39 is 0 Å². The molecule has 0 radical (unpaired) electrons. The number of anilines is 1. The van der Waals surface area contributed by atoms with Crippen molar-refractivity contribution in [3.63, 3.8) is 0 Å². The number of allylic oxidation sites excluding steroid dienone is 1. The molecule has 4 aromatic carbocycles. The van der Waals surface area contributed by atoms with Crippen molar-refractivity contribution in [3.05, 3.63) is 154 Å². The van der Waals surface area contributed by atoms with E-state index in [0.29, 0.717) is 29.0 Å². The molecule has 2 heterocycles. The van der Waals surface area contributed by atoms with Crippen LogP contribution in [-0.4, -0.2) is 53.8 Å². The lowest BCUT2D eigenvalue weighted by atomic mass is 10.1. The van der Waals surface area contributed by atoms with Gasteiger partial charge in [-0.05, 0) is 90.6 Å². The minimum absolute atomic E-state index is 0.232. The van der Waals surface area contributed by atoms with E-state index in [4.69, 9.17) is 21.1 Å². The molecular formula is C42H42ClFN4O3. The second-order valence-electron chi connectivity index (χ2n) is 12.8. The summed E-state index contributed by atoms with van der Waals surface area (Å²) in [5, 5.41) is 3.78. The normalized spacial score (nSPS) is 13.6. The van der Waals surface area contributed by atoms with E-state index in [1.54, 1.807) is 30.5 Å². The fraction of sp³-hybridized carbons (Fsp3) is 0.238. The minimum Gasteiger partial charge on any atom is -0.487 e. The number of rotatable bonds is 14. The zero-order valence-corrected chi connectivity index (χ0v) is 29.7. The summed E-state index contributed by atoms with van der Waals surface area (Å²) >= 11 is 6.78. The van der Waals surface area contributed by atoms with Crippen LogP contribution in [0.25, 0.3) is 5.70 Å². The highest BCUT2D eigenvalue weighted by Gasteiger charge is 2.22. The number of aryl methyl sites for hydroxylation is 2. The van der Waals surface area contributed by atoms with E-state index in [2.05, 4.69) is 63.4 Å². The van der Waals surface area contributed by atoms with Crippen LogP contribution in [0, 0.1) is 19.7 Å². The SMILES string of the molecule is Cc1ccc(COc2ccc(Oc3c(C)cc(/C(=C\C=O)N4CCN(Cc5ccc(CCNc6ccc(F)cc6)cc5)CC4)cc3Cl)nc2)cc1. The standard InChI is InChI=1S/C42H42ClFN4O3/c1-30-3-5-34(6-4-30)29-50-38-15-16-41(46-27-38)51-42-31(2)25-35(26-39(42)43)40(18-24-49)48-22-20-47(21-23-48)28-33-9-7-32(8-10-33)17-19-45-37-13-11-36(44)12-14-37/h3-16,18,24-27,45H,17,19-23,28-29H2,1-2H3/b40-18+. The topological polar surface area (TPSA) is 66.9 Å². The number of carbonyl (C=O) groups excluding carboxylic acids is 1. The van der Waals surface area contributed by atoms with E-state index in [1.807, 2.05) is 37.3 Å². The van der Waals surface area contributed by atoms with Crippen molar-refractivity contribution in [3.8, 4) is 17.4 Å². The Hall–Kier alpha value is -5.18. The molecule has 262 valence electrons. The van der Waals surface area contributed by atoms with E-state index in [1.165, 1.54) is 28.8 Å². The monoisotopic (exact) mass is 704 g/mol. The third-order valence-corrected chi connectivity index (χ3v) is 9.20. The highest BCUT2D eigenvalue weighted by molar-refractivity contribution is 6.32. The van der Waals surface area contributed by atoms with E-state index in [0.717, 1.165) is 80.1 Å². The molecule has 0 amide bonds. The quantitative estimate of drug-likeness (QED) is 0.0915. The van der Waals surface area contributed by atoms with Crippen LogP contribution in [0.4, 0.5) is 10.1 Å². The van der Waals surface area contributed by atoms with Crippen molar-refractivity contribution in [1.29, 1.82) is 0 Å². The summed E-state index contributed by atoms with van der Waals surface area (Å²) in [6.45, 7) is 9.38. The van der Waals surface area contributed by atoms with Crippen molar-refractivity contribution in [2.24, 2.45) is 0 Å². The lowest BCUT2D eigenvalue weighted by Crippen LogP contribution is -2.45. The summed E-state index contributed by atoms with van der Waals surface area (Å²) in [4.78, 5) is 20.8. The summed E-state index contributed by atoms with van der Waals surface area (Å²) < 4.78 is 25.1. The molecule has 9 heteroatoms. The first-order valence-electron chi connectivity index (χ1n) is 17.2. The molecule has 1 aliphatic heterocycles. The van der Waals surface area contributed by atoms with Crippen molar-refractivity contribution >= 4 is 29.3 Å². The molecule has 0 atom stereocenters. The first kappa shape index (κ1) is 35.6. The van der Waals surface area contributed by atoms with Gasteiger partial charge in [-0.1, -0.05) is 65.7 Å². The van der Waals surface area contributed by atoms with Crippen molar-refractivity contribution < 1.29 is 18.7 Å². The molecule has 0 aliphatic carbocycles. The summed E-state index contributed by atoms with van der Waals surface area (Å²) in [6.07, 6.45) is 4.96. The average Bonchev–Trinajstić information content (AvgIpc) is 3.14. The van der Waals surface area contributed by atoms with E-state index in [-0.39, 0.29) is 5.82 Å². The summed E-state index contributed by atoms with van der Waals surface area (Å²) in [5.41, 5.74) is 8.26. The zero-order valence-electron chi connectivity index (χ0n) is 28.9. The molecule has 1 saturated heterocycles. The van der Waals surface area contributed by atoms with Crippen LogP contribution in [0.1, 0.15) is 33.4 Å². The predicted octanol–water partition coefficient (Wildman–Crippen LogP) is 8.87. The van der Waals surface area contributed by atoms with E-state index >= 15 is 0 Å². The molecule has 5 aromatic rings. The van der Waals surface area contributed by atoms with Crippen molar-refractivity contribution in [2.45, 2.75) is 33.4 Å². The van der Waals surface area contributed by atoms with Crippen molar-refractivity contribution in [2.75, 3.05) is 38.0 Å². The van der Waals surface area contributed by atoms with Gasteiger partial charge < -0.3 is 19.7 Å². The molecular weight excluding hydrogens is 663 g/mol. The Bertz CT molecular complexity index is 1900. The van der Waals surface area contributed by atoms with Crippen LogP contribution in [0.5, 0.6) is 17.4 Å². The number of benzene rings is 4. The molecule has 1 fully saturated rings. The third-order valence-electron chi connectivity index (χ3n) is 8.92. The molecule has 0 saturated carbocycles. The maximum absolute atomic E-state index is 13.1. The Balaban J connectivity index is 1.00. The number of nitrogens with one attached hydrogen (secondary N) is 1. The molecule has 7 nitrogen and oxygen atoms in total. The highest BCUT2D eigenvalue weighted by Crippen LogP contribution is 2.36. The van der Waals surface area contributed by atoms with Gasteiger partial charge in [0.05, 0.1) is 11.2 Å². The number of piperazine rings is 1. The number of nitrogens with zero attached hydrogens (tertiary/aromatic N) is 3. The van der Waals surface area contributed by atoms with Gasteiger partial charge in [-0.2, -0.15) is 0 Å². The number of hydrogen-bond acceptors (Lipinski definition) is 7. The fourth-order valence-corrected chi connectivity index (χ4v) is 6.37. The molecule has 1 aliphatic rings. The van der Waals surface area contributed by atoms with Crippen LogP contribution in [0.2, 0.25) is 5.02 Å². The molecule has 1 N–H and O–H groups in total. The smallest absolute Gasteiger partial charge is 0.219 e. The Morgan fingerprint density at radius 3 is 2.25 bits per heavy atom. The maximum atomic E-state index is 13.1. The van der Waals surface area contributed by atoms with Gasteiger partial charge in [0.1, 0.15) is 24.5 Å². The summed E-state index contributed by atoms with van der Waals surface area (Å²) in [5.74, 6) is 1.34. The lowest BCUT2D eigenvalue weighted by molar-refractivity contribution is -0.104. The Kier molecular flexibility index (Phi) is 12.0. The Labute approximate surface area is 304 Å². The maximum Gasteiger partial charge on any atom is 0.219 e. The first-order chi connectivity index (χ1) is 24.8. The molecule has 0 unspecified atom stereocenters. The Morgan fingerprint density at radius 2 is 1.59 bits per heavy atom. The van der Waals surface area contributed by atoms with Crippen LogP contribution < -0.4 is 14.8 Å². The third kappa shape index (κ3) is 9.96. The van der Waals surface area contributed by atoms with Crippen molar-refractivity contribution in [1.82, 2.24) is 14.8 Å². The van der Waals surface area contributed by atoms with Crippen LogP contribution in [0.15, 0.2) is 109 Å². The van der Waals surface area contributed by atoms with Crippen LogP contribution >= 0.6 is 11.6 Å². The van der Waals surface area contributed by atoms with Crippen LogP contribution in [0.3, 0.4) is 0 Å². The van der Waals surface area contributed by atoms with Gasteiger partial charge in [0, 0.05) is 62.8 Å². The van der Waals surface area contributed by atoms with Gasteiger partial charge >= 0.3 is 0 Å². The van der Waals surface area contributed by atoms with Crippen LogP contribution in [-0.2, 0) is 24.4 Å². The highest BCUT2D eigenvalue weighted by atomic mass is 35.5. The number of aromatic nitrogens is 1. The molecule has 0 bridgehead atoms.